The number of nitrogens with zero attached hydrogens (tertiary/aromatic N) is 4. The Kier molecular flexibility index (Phi) is 5.65. The van der Waals surface area contributed by atoms with E-state index in [1.165, 1.54) is 11.3 Å². The Labute approximate surface area is 162 Å². The second-order valence-electron chi connectivity index (χ2n) is 6.70. The second-order valence-corrected chi connectivity index (χ2v) is 8.17. The molecule has 3 rings (SSSR count). The molecule has 0 saturated heterocycles. The van der Waals surface area contributed by atoms with Gasteiger partial charge in [0.2, 0.25) is 0 Å². The highest BCUT2D eigenvalue weighted by Crippen LogP contribution is 2.29. The number of halogens is 1. The van der Waals surface area contributed by atoms with E-state index in [0.717, 1.165) is 32.9 Å². The molecule has 0 N–H and O–H groups in total. The first kappa shape index (κ1) is 18.9. The van der Waals surface area contributed by atoms with Gasteiger partial charge in [0.25, 0.3) is 5.91 Å². The molecule has 1 amide bonds. The molecule has 0 spiro atoms. The molecule has 0 aliphatic rings. The fraction of sp³-hybridized carbons (Fsp3) is 0.368. The minimum Gasteiger partial charge on any atom is -0.332 e. The number of aromatic nitrogens is 2. The standard InChI is InChI=1S/C19H23ClN4OS/c1-13-16-11-17(26-19(16)23(4)21-13)18(25)24(9-8-22(2)3)12-14-6-5-7-15(20)10-14/h5-7,10-11H,8-9,12H2,1-4H3. The summed E-state index contributed by atoms with van der Waals surface area (Å²) in [7, 11) is 5.93. The summed E-state index contributed by atoms with van der Waals surface area (Å²) in [5.74, 6) is 0.0485. The summed E-state index contributed by atoms with van der Waals surface area (Å²) in [6, 6.07) is 9.64. The molecule has 5 nitrogen and oxygen atoms in total. The second kappa shape index (κ2) is 7.78. The Morgan fingerprint density at radius 3 is 2.69 bits per heavy atom. The van der Waals surface area contributed by atoms with Gasteiger partial charge in [-0.2, -0.15) is 5.10 Å². The Morgan fingerprint density at radius 2 is 2.04 bits per heavy atom. The molecule has 0 fully saturated rings. The van der Waals surface area contributed by atoms with Crippen LogP contribution >= 0.6 is 22.9 Å². The van der Waals surface area contributed by atoms with E-state index in [1.54, 1.807) is 0 Å². The number of fused-ring (bicyclic) bond motifs is 1. The molecule has 26 heavy (non-hydrogen) atoms. The molecule has 2 heterocycles. The Balaban J connectivity index is 1.88. The molecule has 0 saturated carbocycles. The van der Waals surface area contributed by atoms with Crippen molar-refractivity contribution in [3.8, 4) is 0 Å². The zero-order chi connectivity index (χ0) is 18.8. The van der Waals surface area contributed by atoms with Gasteiger partial charge in [-0.1, -0.05) is 23.7 Å². The number of aryl methyl sites for hydroxylation is 2. The summed E-state index contributed by atoms with van der Waals surface area (Å²) in [5, 5.41) is 6.15. The maximum Gasteiger partial charge on any atom is 0.264 e. The zero-order valence-corrected chi connectivity index (χ0v) is 17.1. The SMILES string of the molecule is Cc1nn(C)c2sc(C(=O)N(CCN(C)C)Cc3cccc(Cl)c3)cc12. The Bertz CT molecular complexity index is 896. The number of carbonyl (C=O) groups excluding carboxylic acids is 1. The molecular formula is C19H23ClN4OS. The van der Waals surface area contributed by atoms with E-state index in [0.29, 0.717) is 18.1 Å². The van der Waals surface area contributed by atoms with Crippen LogP contribution in [0.25, 0.3) is 10.2 Å². The van der Waals surface area contributed by atoms with Crippen LogP contribution in [0.1, 0.15) is 20.9 Å². The van der Waals surface area contributed by atoms with E-state index in [-0.39, 0.29) is 5.91 Å². The van der Waals surface area contributed by atoms with Gasteiger partial charge < -0.3 is 9.80 Å². The average Bonchev–Trinajstić information content (AvgIpc) is 3.13. The third-order valence-corrected chi connectivity index (χ3v) is 5.70. The van der Waals surface area contributed by atoms with Gasteiger partial charge in [-0.05, 0) is 44.8 Å². The van der Waals surface area contributed by atoms with Crippen molar-refractivity contribution in [1.82, 2.24) is 19.6 Å². The van der Waals surface area contributed by atoms with E-state index in [2.05, 4.69) is 10.00 Å². The third-order valence-electron chi connectivity index (χ3n) is 4.27. The van der Waals surface area contributed by atoms with Crippen LogP contribution in [0.4, 0.5) is 0 Å². The van der Waals surface area contributed by atoms with Gasteiger partial charge in [0, 0.05) is 37.1 Å². The maximum absolute atomic E-state index is 13.2. The Morgan fingerprint density at radius 1 is 1.27 bits per heavy atom. The number of amides is 1. The minimum absolute atomic E-state index is 0.0485. The van der Waals surface area contributed by atoms with E-state index >= 15 is 0 Å². The lowest BCUT2D eigenvalue weighted by Crippen LogP contribution is -2.35. The van der Waals surface area contributed by atoms with Crippen LogP contribution in [-0.2, 0) is 13.6 Å². The van der Waals surface area contributed by atoms with Crippen molar-refractivity contribution in [1.29, 1.82) is 0 Å². The van der Waals surface area contributed by atoms with Crippen molar-refractivity contribution >= 4 is 39.1 Å². The van der Waals surface area contributed by atoms with Crippen molar-refractivity contribution in [2.45, 2.75) is 13.5 Å². The van der Waals surface area contributed by atoms with E-state index in [1.807, 2.05) is 68.0 Å². The van der Waals surface area contributed by atoms with Gasteiger partial charge in [0.15, 0.2) is 0 Å². The predicted octanol–water partition coefficient (Wildman–Crippen LogP) is 3.80. The van der Waals surface area contributed by atoms with Crippen molar-refractivity contribution in [2.24, 2.45) is 7.05 Å². The number of thiophene rings is 1. The largest absolute Gasteiger partial charge is 0.332 e. The fourth-order valence-corrected chi connectivity index (χ4v) is 4.20. The summed E-state index contributed by atoms with van der Waals surface area (Å²) in [6.07, 6.45) is 0. The van der Waals surface area contributed by atoms with Gasteiger partial charge in [-0.25, -0.2) is 0 Å². The molecule has 0 radical (unpaired) electrons. The van der Waals surface area contributed by atoms with Gasteiger partial charge in [-0.15, -0.1) is 11.3 Å². The van der Waals surface area contributed by atoms with Crippen LogP contribution in [-0.4, -0.2) is 52.7 Å². The lowest BCUT2D eigenvalue weighted by Gasteiger charge is -2.24. The fourth-order valence-electron chi connectivity index (χ4n) is 2.90. The summed E-state index contributed by atoms with van der Waals surface area (Å²) in [6.45, 7) is 3.97. The maximum atomic E-state index is 13.2. The topological polar surface area (TPSA) is 41.4 Å². The van der Waals surface area contributed by atoms with Crippen LogP contribution in [0.2, 0.25) is 5.02 Å². The summed E-state index contributed by atoms with van der Waals surface area (Å²) in [5.41, 5.74) is 1.98. The quantitative estimate of drug-likeness (QED) is 0.642. The molecule has 0 aliphatic carbocycles. The molecule has 138 valence electrons. The summed E-state index contributed by atoms with van der Waals surface area (Å²) in [4.78, 5) is 18.9. The minimum atomic E-state index is 0.0485. The summed E-state index contributed by atoms with van der Waals surface area (Å²) < 4.78 is 1.84. The first-order chi connectivity index (χ1) is 12.3. The third kappa shape index (κ3) is 4.09. The zero-order valence-electron chi connectivity index (χ0n) is 15.5. The van der Waals surface area contributed by atoms with Gasteiger partial charge in [-0.3, -0.25) is 9.48 Å². The molecule has 0 atom stereocenters. The number of carbonyl (C=O) groups is 1. The molecule has 7 heteroatoms. The summed E-state index contributed by atoms with van der Waals surface area (Å²) >= 11 is 7.61. The average molecular weight is 391 g/mol. The van der Waals surface area contributed by atoms with Crippen LogP contribution in [0.3, 0.4) is 0 Å². The van der Waals surface area contributed by atoms with Crippen LogP contribution in [0.15, 0.2) is 30.3 Å². The van der Waals surface area contributed by atoms with Crippen molar-refractivity contribution in [3.05, 3.63) is 51.5 Å². The molecule has 3 aromatic rings. The van der Waals surface area contributed by atoms with Gasteiger partial charge >= 0.3 is 0 Å². The predicted molar refractivity (Wildman–Crippen MR) is 108 cm³/mol. The first-order valence-electron chi connectivity index (χ1n) is 8.46. The normalized spacial score (nSPS) is 11.5. The van der Waals surface area contributed by atoms with Crippen molar-refractivity contribution in [2.75, 3.05) is 27.2 Å². The molecule has 2 aromatic heterocycles. The number of rotatable bonds is 6. The highest BCUT2D eigenvalue weighted by molar-refractivity contribution is 7.20. The highest BCUT2D eigenvalue weighted by Gasteiger charge is 2.21. The van der Waals surface area contributed by atoms with Crippen LogP contribution < -0.4 is 0 Å². The molecule has 1 aromatic carbocycles. The molecule has 0 aliphatic heterocycles. The van der Waals surface area contributed by atoms with Crippen LogP contribution in [0, 0.1) is 6.92 Å². The number of hydrogen-bond donors (Lipinski definition) is 0. The highest BCUT2D eigenvalue weighted by atomic mass is 35.5. The Hall–Kier alpha value is -1.89. The van der Waals surface area contributed by atoms with E-state index in [4.69, 9.17) is 11.6 Å². The van der Waals surface area contributed by atoms with Crippen molar-refractivity contribution in [3.63, 3.8) is 0 Å². The first-order valence-corrected chi connectivity index (χ1v) is 9.66. The van der Waals surface area contributed by atoms with Crippen LogP contribution in [0.5, 0.6) is 0 Å². The van der Waals surface area contributed by atoms with E-state index < -0.39 is 0 Å². The number of benzene rings is 1. The molecular weight excluding hydrogens is 368 g/mol. The van der Waals surface area contributed by atoms with E-state index in [9.17, 15) is 4.79 Å². The van der Waals surface area contributed by atoms with Crippen molar-refractivity contribution < 1.29 is 4.79 Å². The number of hydrogen-bond acceptors (Lipinski definition) is 4. The van der Waals surface area contributed by atoms with Gasteiger partial charge in [0.1, 0.15) is 4.83 Å². The molecule has 0 bridgehead atoms. The lowest BCUT2D eigenvalue weighted by molar-refractivity contribution is 0.0737. The lowest BCUT2D eigenvalue weighted by atomic mass is 10.2. The number of likely N-dealkylation sites (N-methyl/N-ethyl adjacent to an activating group) is 1. The monoisotopic (exact) mass is 390 g/mol. The molecule has 0 unspecified atom stereocenters. The van der Waals surface area contributed by atoms with Gasteiger partial charge in [0.05, 0.1) is 10.6 Å². The smallest absolute Gasteiger partial charge is 0.264 e.